The SMILES string of the molecule is CC1C(=O)N(CCOCCOC(=O)N[C@H](C(=O)N[C@@H](CCCNC(N)=O)C(=O)Nc2ccc(COC=O)cc2)C(C)C)C(=O)C1C. The van der Waals surface area contributed by atoms with Crippen LogP contribution in [-0.2, 0) is 44.8 Å². The molecule has 1 aromatic carbocycles. The van der Waals surface area contributed by atoms with E-state index in [2.05, 4.69) is 21.3 Å². The number of carbonyl (C=O) groups is 7. The summed E-state index contributed by atoms with van der Waals surface area (Å²) in [5, 5.41) is 10.3. The van der Waals surface area contributed by atoms with Gasteiger partial charge in [0.05, 0.1) is 19.8 Å². The lowest BCUT2D eigenvalue weighted by Crippen LogP contribution is -2.54. The summed E-state index contributed by atoms with van der Waals surface area (Å²) >= 11 is 0. The van der Waals surface area contributed by atoms with Crippen LogP contribution in [0.25, 0.3) is 0 Å². The summed E-state index contributed by atoms with van der Waals surface area (Å²) < 4.78 is 15.2. The molecule has 254 valence electrons. The molecule has 7 amide bonds. The van der Waals surface area contributed by atoms with Crippen molar-refractivity contribution in [2.45, 2.75) is 59.2 Å². The van der Waals surface area contributed by atoms with Crippen molar-refractivity contribution in [2.75, 3.05) is 38.2 Å². The van der Waals surface area contributed by atoms with Crippen LogP contribution in [0.5, 0.6) is 0 Å². The number of benzene rings is 1. The number of likely N-dealkylation sites (tertiary alicyclic amines) is 1. The molecule has 0 spiro atoms. The Morgan fingerprint density at radius 3 is 2.20 bits per heavy atom. The number of hydrogen-bond donors (Lipinski definition) is 5. The number of primary amides is 1. The number of anilines is 1. The quantitative estimate of drug-likeness (QED) is 0.0799. The van der Waals surface area contributed by atoms with Gasteiger partial charge in [0.1, 0.15) is 25.3 Å². The van der Waals surface area contributed by atoms with Crippen molar-refractivity contribution in [3.8, 4) is 0 Å². The first-order chi connectivity index (χ1) is 21.8. The number of amides is 7. The molecule has 0 radical (unpaired) electrons. The van der Waals surface area contributed by atoms with Crippen LogP contribution < -0.4 is 27.0 Å². The summed E-state index contributed by atoms with van der Waals surface area (Å²) in [6.45, 7) is 7.43. The average Bonchev–Trinajstić information content (AvgIpc) is 3.19. The normalized spacial score (nSPS) is 17.2. The third kappa shape index (κ3) is 12.0. The summed E-state index contributed by atoms with van der Waals surface area (Å²) in [4.78, 5) is 85.8. The van der Waals surface area contributed by atoms with Gasteiger partial charge in [-0.25, -0.2) is 9.59 Å². The number of hydrogen-bond acceptors (Lipinski definition) is 10. The van der Waals surface area contributed by atoms with Crippen LogP contribution >= 0.6 is 0 Å². The summed E-state index contributed by atoms with van der Waals surface area (Å²) in [6, 6.07) is 3.73. The smallest absolute Gasteiger partial charge is 0.407 e. The second kappa shape index (κ2) is 18.9. The van der Waals surface area contributed by atoms with Gasteiger partial charge in [-0.15, -0.1) is 0 Å². The molecule has 0 aliphatic carbocycles. The molecule has 1 heterocycles. The van der Waals surface area contributed by atoms with Crippen LogP contribution in [0.4, 0.5) is 15.3 Å². The minimum atomic E-state index is -1.05. The molecule has 0 aromatic heterocycles. The van der Waals surface area contributed by atoms with Gasteiger partial charge >= 0.3 is 12.1 Å². The van der Waals surface area contributed by atoms with Crippen molar-refractivity contribution in [3.05, 3.63) is 29.8 Å². The lowest BCUT2D eigenvalue weighted by atomic mass is 10.00. The van der Waals surface area contributed by atoms with Crippen molar-refractivity contribution in [1.82, 2.24) is 20.9 Å². The highest BCUT2D eigenvalue weighted by Crippen LogP contribution is 2.24. The van der Waals surface area contributed by atoms with Gasteiger partial charge in [0, 0.05) is 24.1 Å². The first-order valence-electron chi connectivity index (χ1n) is 15.0. The van der Waals surface area contributed by atoms with Crippen molar-refractivity contribution in [1.29, 1.82) is 0 Å². The number of ether oxygens (including phenoxy) is 3. The third-order valence-electron chi connectivity index (χ3n) is 7.34. The first kappa shape index (κ1) is 37.5. The van der Waals surface area contributed by atoms with E-state index in [1.165, 1.54) is 4.90 Å². The molecular formula is C30H44N6O10. The zero-order valence-electron chi connectivity index (χ0n) is 26.5. The molecule has 0 saturated carbocycles. The van der Waals surface area contributed by atoms with Gasteiger partial charge in [0.15, 0.2) is 0 Å². The molecule has 2 rings (SSSR count). The molecule has 46 heavy (non-hydrogen) atoms. The molecule has 1 saturated heterocycles. The summed E-state index contributed by atoms with van der Waals surface area (Å²) in [5.74, 6) is -2.78. The Morgan fingerprint density at radius 1 is 0.957 bits per heavy atom. The number of nitrogens with two attached hydrogens (primary N) is 1. The van der Waals surface area contributed by atoms with Gasteiger partial charge in [0.25, 0.3) is 6.47 Å². The molecule has 1 fully saturated rings. The van der Waals surface area contributed by atoms with E-state index in [1.807, 2.05) is 0 Å². The number of rotatable bonds is 19. The zero-order chi connectivity index (χ0) is 34.2. The summed E-state index contributed by atoms with van der Waals surface area (Å²) in [7, 11) is 0. The number of urea groups is 1. The minimum Gasteiger partial charge on any atom is -0.463 e. The molecule has 1 aliphatic rings. The van der Waals surface area contributed by atoms with Gasteiger partial charge in [-0.3, -0.25) is 28.9 Å². The molecule has 16 heteroatoms. The first-order valence-corrected chi connectivity index (χ1v) is 15.0. The Kier molecular flexibility index (Phi) is 15.4. The highest BCUT2D eigenvalue weighted by atomic mass is 16.6. The van der Waals surface area contributed by atoms with Gasteiger partial charge in [-0.1, -0.05) is 39.8 Å². The number of carbonyl (C=O) groups excluding carboxylic acids is 7. The Morgan fingerprint density at radius 2 is 1.61 bits per heavy atom. The molecule has 4 atom stereocenters. The van der Waals surface area contributed by atoms with Gasteiger partial charge < -0.3 is 41.2 Å². The van der Waals surface area contributed by atoms with E-state index < -0.39 is 36.0 Å². The molecule has 2 unspecified atom stereocenters. The monoisotopic (exact) mass is 648 g/mol. The molecule has 0 bridgehead atoms. The van der Waals surface area contributed by atoms with E-state index in [-0.39, 0.29) is 75.5 Å². The van der Waals surface area contributed by atoms with Crippen LogP contribution in [0.3, 0.4) is 0 Å². The van der Waals surface area contributed by atoms with Crippen LogP contribution in [0.1, 0.15) is 46.1 Å². The molecule has 1 aliphatic heterocycles. The molecular weight excluding hydrogens is 604 g/mol. The average molecular weight is 649 g/mol. The van der Waals surface area contributed by atoms with Crippen LogP contribution in [0.2, 0.25) is 0 Å². The Labute approximate surface area is 267 Å². The van der Waals surface area contributed by atoms with E-state index in [0.717, 1.165) is 0 Å². The maximum absolute atomic E-state index is 13.2. The largest absolute Gasteiger partial charge is 0.463 e. The van der Waals surface area contributed by atoms with Crippen LogP contribution in [-0.4, -0.2) is 92.1 Å². The summed E-state index contributed by atoms with van der Waals surface area (Å²) in [5.41, 5.74) is 6.24. The Hall–Kier alpha value is -4.73. The number of nitrogens with zero attached hydrogens (tertiary/aromatic N) is 1. The summed E-state index contributed by atoms with van der Waals surface area (Å²) in [6.07, 6.45) is -0.430. The van der Waals surface area contributed by atoms with Gasteiger partial charge in [-0.05, 0) is 36.5 Å². The highest BCUT2D eigenvalue weighted by Gasteiger charge is 2.41. The van der Waals surface area contributed by atoms with E-state index in [1.54, 1.807) is 52.0 Å². The maximum Gasteiger partial charge on any atom is 0.407 e. The van der Waals surface area contributed by atoms with Crippen molar-refractivity contribution < 1.29 is 47.8 Å². The third-order valence-corrected chi connectivity index (χ3v) is 7.34. The molecule has 6 N–H and O–H groups in total. The predicted molar refractivity (Wildman–Crippen MR) is 164 cm³/mol. The Bertz CT molecular complexity index is 1210. The van der Waals surface area contributed by atoms with Gasteiger partial charge in [-0.2, -0.15) is 0 Å². The maximum atomic E-state index is 13.2. The van der Waals surface area contributed by atoms with Crippen molar-refractivity contribution in [2.24, 2.45) is 23.5 Å². The number of alkyl carbamates (subject to hydrolysis) is 1. The Balaban J connectivity index is 1.89. The highest BCUT2D eigenvalue weighted by molar-refractivity contribution is 6.04. The van der Waals surface area contributed by atoms with E-state index in [0.29, 0.717) is 24.1 Å². The topological polar surface area (TPSA) is 225 Å². The fourth-order valence-electron chi connectivity index (χ4n) is 4.50. The predicted octanol–water partition coefficient (Wildman–Crippen LogP) is 0.640. The molecule has 16 nitrogen and oxygen atoms in total. The van der Waals surface area contributed by atoms with Crippen LogP contribution in [0.15, 0.2) is 24.3 Å². The van der Waals surface area contributed by atoms with E-state index in [9.17, 15) is 33.6 Å². The number of imide groups is 1. The fourth-order valence-corrected chi connectivity index (χ4v) is 4.50. The number of nitrogens with one attached hydrogen (secondary N) is 4. The van der Waals surface area contributed by atoms with Crippen molar-refractivity contribution >= 4 is 47.9 Å². The van der Waals surface area contributed by atoms with Crippen molar-refractivity contribution in [3.63, 3.8) is 0 Å². The van der Waals surface area contributed by atoms with Gasteiger partial charge in [0.2, 0.25) is 23.6 Å². The second-order valence-corrected chi connectivity index (χ2v) is 11.1. The lowest BCUT2D eigenvalue weighted by molar-refractivity contribution is -0.140. The lowest BCUT2D eigenvalue weighted by Gasteiger charge is -2.25. The van der Waals surface area contributed by atoms with Crippen LogP contribution in [0, 0.1) is 17.8 Å². The molecule has 1 aromatic rings. The van der Waals surface area contributed by atoms with E-state index >= 15 is 0 Å². The standard InChI is InChI=1S/C30H44N6O10/c1-18(2)24(35-30(43)46-15-14-44-13-12-36-27(40)19(3)20(4)28(36)41)26(39)34-23(6-5-11-32-29(31)42)25(38)33-22-9-7-21(8-10-22)16-45-17-37/h7-10,17-20,23-24H,5-6,11-16H2,1-4H3,(H,33,38)(H,34,39)(H,35,43)(H3,31,32,42)/t19?,20?,23-,24-/m0/s1. The fraction of sp³-hybridized carbons (Fsp3) is 0.567. The zero-order valence-corrected chi connectivity index (χ0v) is 26.5. The second-order valence-electron chi connectivity index (χ2n) is 11.1. The minimum absolute atomic E-state index is 0.0000356. The van der Waals surface area contributed by atoms with E-state index in [4.69, 9.17) is 19.9 Å².